The summed E-state index contributed by atoms with van der Waals surface area (Å²) >= 11 is 0. The van der Waals surface area contributed by atoms with Gasteiger partial charge in [0.15, 0.2) is 0 Å². The Morgan fingerprint density at radius 2 is 1.54 bits per heavy atom. The molecule has 5 heteroatoms. The Labute approximate surface area is 297 Å². The fourth-order valence-electron chi connectivity index (χ4n) is 8.13. The van der Waals surface area contributed by atoms with Gasteiger partial charge in [-0.3, -0.25) is 4.99 Å². The van der Waals surface area contributed by atoms with E-state index in [1.54, 1.807) is 0 Å². The number of benzene rings is 5. The first-order chi connectivity index (χ1) is 23.7. The zero-order chi connectivity index (χ0) is 35.5. The van der Waals surface area contributed by atoms with Crippen LogP contribution in [0.4, 0.5) is 11.4 Å². The number of nitrogens with zero attached hydrogens (tertiary/aromatic N) is 2. The second kappa shape index (κ2) is 12.2. The summed E-state index contributed by atoms with van der Waals surface area (Å²) in [5.41, 5.74) is 5.32. The van der Waals surface area contributed by atoms with E-state index in [4.69, 9.17) is 14.5 Å². The van der Waals surface area contributed by atoms with E-state index in [0.717, 1.165) is 35.0 Å². The van der Waals surface area contributed by atoms with Crippen molar-refractivity contribution in [1.29, 1.82) is 0 Å². The summed E-state index contributed by atoms with van der Waals surface area (Å²) in [4.78, 5) is 20.5. The van der Waals surface area contributed by atoms with Gasteiger partial charge in [-0.2, -0.15) is 0 Å². The molecule has 2 unspecified atom stereocenters. The van der Waals surface area contributed by atoms with Gasteiger partial charge in [0.1, 0.15) is 17.2 Å². The summed E-state index contributed by atoms with van der Waals surface area (Å²) in [6.45, 7) is 16.1. The largest absolute Gasteiger partial charge is 0.459 e. The molecule has 0 saturated heterocycles. The highest BCUT2D eigenvalue weighted by atomic mass is 16.5. The third-order valence-corrected chi connectivity index (χ3v) is 11.0. The van der Waals surface area contributed by atoms with Crippen LogP contribution in [0.25, 0.3) is 10.8 Å². The van der Waals surface area contributed by atoms with Gasteiger partial charge in [0, 0.05) is 18.1 Å². The second-order valence-corrected chi connectivity index (χ2v) is 16.5. The highest BCUT2D eigenvalue weighted by Crippen LogP contribution is 2.54. The van der Waals surface area contributed by atoms with Gasteiger partial charge in [-0.25, -0.2) is 4.79 Å². The number of anilines is 1. The van der Waals surface area contributed by atoms with Crippen molar-refractivity contribution in [3.63, 3.8) is 0 Å². The number of esters is 1. The lowest BCUT2D eigenvalue weighted by Crippen LogP contribution is -2.61. The van der Waals surface area contributed by atoms with Crippen molar-refractivity contribution in [2.45, 2.75) is 78.4 Å². The van der Waals surface area contributed by atoms with Gasteiger partial charge in [-0.15, -0.1) is 0 Å². The van der Waals surface area contributed by atoms with Crippen LogP contribution in [0.1, 0.15) is 87.9 Å². The van der Waals surface area contributed by atoms with Gasteiger partial charge in [0.2, 0.25) is 5.72 Å². The second-order valence-electron chi connectivity index (χ2n) is 16.5. The SMILES string of the molecule is CN1c2ccccc2C(C)(C)C12C=Nc1c(ccc3ccc(OC(=O)c4ccc(CC(C)(C)CC(c5ccccc5)C(C)(C)C)cc4)cc13)O2. The fourth-order valence-corrected chi connectivity index (χ4v) is 8.13. The van der Waals surface area contributed by atoms with Crippen molar-refractivity contribution in [3.8, 4) is 11.5 Å². The summed E-state index contributed by atoms with van der Waals surface area (Å²) in [6, 6.07) is 36.9. The summed E-state index contributed by atoms with van der Waals surface area (Å²) in [5, 5.41) is 1.87. The number of carbonyl (C=O) groups excluding carboxylic acids is 1. The van der Waals surface area contributed by atoms with E-state index in [-0.39, 0.29) is 22.2 Å². The lowest BCUT2D eigenvalue weighted by atomic mass is 9.67. The molecule has 0 saturated carbocycles. The average molecular weight is 665 g/mol. The molecule has 0 N–H and O–H groups in total. The van der Waals surface area contributed by atoms with Crippen LogP contribution in [0.3, 0.4) is 0 Å². The minimum absolute atomic E-state index is 0.0683. The lowest BCUT2D eigenvalue weighted by molar-refractivity contribution is 0.0735. The van der Waals surface area contributed by atoms with Gasteiger partial charge in [-0.1, -0.05) is 107 Å². The molecule has 256 valence electrons. The van der Waals surface area contributed by atoms with Crippen molar-refractivity contribution >= 4 is 34.3 Å². The Bertz CT molecular complexity index is 2090. The quantitative estimate of drug-likeness (QED) is 0.128. The maximum atomic E-state index is 13.4. The molecule has 5 aromatic rings. The summed E-state index contributed by atoms with van der Waals surface area (Å²) in [7, 11) is 2.06. The number of hydrogen-bond donors (Lipinski definition) is 0. The molecule has 2 heterocycles. The van der Waals surface area contributed by atoms with E-state index in [9.17, 15) is 4.79 Å². The smallest absolute Gasteiger partial charge is 0.343 e. The van der Waals surface area contributed by atoms with E-state index in [1.165, 1.54) is 16.7 Å². The fraction of sp³-hybridized carbons (Fsp3) is 0.333. The van der Waals surface area contributed by atoms with Crippen molar-refractivity contribution in [2.24, 2.45) is 15.8 Å². The standard InChI is InChI=1S/C45H48N2O3/c1-42(2,3)37(32-14-10-9-11-15-32)28-43(4,5)27-30-18-20-33(21-19-30)41(48)49-34-24-22-31-23-25-39-40(35(31)26-34)46-29-45(50-39)44(6,7)36-16-12-13-17-38(36)47(45)8/h9-26,29,37H,27-28H2,1-8H3. The van der Waals surface area contributed by atoms with E-state index < -0.39 is 5.72 Å². The van der Waals surface area contributed by atoms with Crippen molar-refractivity contribution in [1.82, 2.24) is 0 Å². The first-order valence-electron chi connectivity index (χ1n) is 17.7. The number of para-hydroxylation sites is 1. The highest BCUT2D eigenvalue weighted by Gasteiger charge is 2.58. The molecule has 2 atom stereocenters. The van der Waals surface area contributed by atoms with Crippen LogP contribution in [-0.2, 0) is 11.8 Å². The Morgan fingerprint density at radius 3 is 2.24 bits per heavy atom. The molecule has 2 aliphatic heterocycles. The van der Waals surface area contributed by atoms with Gasteiger partial charge in [0.05, 0.1) is 17.2 Å². The normalized spacial score (nSPS) is 18.4. The van der Waals surface area contributed by atoms with Crippen molar-refractivity contribution in [3.05, 3.63) is 131 Å². The minimum Gasteiger partial charge on any atom is -0.459 e. The third kappa shape index (κ3) is 5.87. The molecule has 2 aliphatic rings. The van der Waals surface area contributed by atoms with Crippen LogP contribution in [0.15, 0.2) is 114 Å². The van der Waals surface area contributed by atoms with Gasteiger partial charge in [-0.05, 0) is 102 Å². The van der Waals surface area contributed by atoms with Crippen molar-refractivity contribution < 1.29 is 14.3 Å². The van der Waals surface area contributed by atoms with Crippen LogP contribution in [0.2, 0.25) is 0 Å². The monoisotopic (exact) mass is 664 g/mol. The summed E-state index contributed by atoms with van der Waals surface area (Å²) in [5.74, 6) is 1.22. The molecule has 0 fully saturated rings. The molecule has 5 nitrogen and oxygen atoms in total. The Balaban J connectivity index is 1.07. The lowest BCUT2D eigenvalue weighted by Gasteiger charge is -2.45. The van der Waals surface area contributed by atoms with Crippen LogP contribution >= 0.6 is 0 Å². The minimum atomic E-state index is -0.765. The molecule has 50 heavy (non-hydrogen) atoms. The number of fused-ring (bicyclic) bond motifs is 4. The maximum Gasteiger partial charge on any atom is 0.343 e. The van der Waals surface area contributed by atoms with Gasteiger partial charge < -0.3 is 14.4 Å². The van der Waals surface area contributed by atoms with E-state index in [1.807, 2.05) is 48.7 Å². The molecule has 0 bridgehead atoms. The highest BCUT2D eigenvalue weighted by molar-refractivity contribution is 6.01. The number of aliphatic imine (C=N–C) groups is 1. The zero-order valence-corrected chi connectivity index (χ0v) is 30.6. The first-order valence-corrected chi connectivity index (χ1v) is 17.7. The number of rotatable bonds is 7. The van der Waals surface area contributed by atoms with Crippen LogP contribution < -0.4 is 14.4 Å². The molecular formula is C45H48N2O3. The van der Waals surface area contributed by atoms with Gasteiger partial charge in [0.25, 0.3) is 0 Å². The molecule has 0 aromatic heterocycles. The van der Waals surface area contributed by atoms with E-state index in [0.29, 0.717) is 23.0 Å². The average Bonchev–Trinajstić information content (AvgIpc) is 3.24. The van der Waals surface area contributed by atoms with Crippen LogP contribution in [-0.4, -0.2) is 25.0 Å². The Kier molecular flexibility index (Phi) is 8.16. The van der Waals surface area contributed by atoms with Crippen LogP contribution in [0.5, 0.6) is 11.5 Å². The first kappa shape index (κ1) is 33.6. The van der Waals surface area contributed by atoms with E-state index >= 15 is 0 Å². The molecule has 5 aromatic carbocycles. The Morgan fingerprint density at radius 1 is 0.860 bits per heavy atom. The topological polar surface area (TPSA) is 51.1 Å². The zero-order valence-electron chi connectivity index (χ0n) is 30.6. The molecular weight excluding hydrogens is 617 g/mol. The number of ether oxygens (including phenoxy) is 2. The third-order valence-electron chi connectivity index (χ3n) is 11.0. The van der Waals surface area contributed by atoms with Crippen molar-refractivity contribution in [2.75, 3.05) is 11.9 Å². The predicted molar refractivity (Wildman–Crippen MR) is 205 cm³/mol. The Hall–Kier alpha value is -4.90. The summed E-state index contributed by atoms with van der Waals surface area (Å²) < 4.78 is 12.8. The predicted octanol–water partition coefficient (Wildman–Crippen LogP) is 11.1. The number of likely N-dealkylation sites (N-methyl/N-ethyl adjacent to an activating group) is 1. The number of hydrogen-bond acceptors (Lipinski definition) is 5. The molecule has 0 amide bonds. The van der Waals surface area contributed by atoms with Gasteiger partial charge >= 0.3 is 5.97 Å². The molecule has 0 aliphatic carbocycles. The molecule has 0 radical (unpaired) electrons. The van der Waals surface area contributed by atoms with Crippen LogP contribution in [0, 0.1) is 10.8 Å². The molecule has 1 spiro atoms. The van der Waals surface area contributed by atoms with E-state index in [2.05, 4.69) is 127 Å². The number of carbonyl (C=O) groups is 1. The molecule has 7 rings (SSSR count). The summed E-state index contributed by atoms with van der Waals surface area (Å²) in [6.07, 6.45) is 3.91. The maximum absolute atomic E-state index is 13.4.